The molecule has 0 aliphatic rings. The van der Waals surface area contributed by atoms with Crippen molar-refractivity contribution in [3.8, 4) is 6.07 Å². The molecule has 0 atom stereocenters. The van der Waals surface area contributed by atoms with Crippen LogP contribution in [-0.2, 0) is 6.54 Å². The van der Waals surface area contributed by atoms with Crippen molar-refractivity contribution in [1.29, 1.82) is 5.26 Å². The third-order valence-corrected chi connectivity index (χ3v) is 3.59. The number of nitriles is 1. The Balaban J connectivity index is 1.96. The molecule has 0 saturated heterocycles. The highest BCUT2D eigenvalue weighted by molar-refractivity contribution is 5.63. The van der Waals surface area contributed by atoms with E-state index in [4.69, 9.17) is 11.0 Å². The number of pyridine rings is 1. The lowest BCUT2D eigenvalue weighted by Crippen LogP contribution is -2.16. The molecule has 4 heteroatoms. The molecule has 0 spiro atoms. The third-order valence-electron chi connectivity index (χ3n) is 3.59. The smallest absolute Gasteiger partial charge is 0.0991 e. The third kappa shape index (κ3) is 3.47. The van der Waals surface area contributed by atoms with Gasteiger partial charge in [0.05, 0.1) is 23.5 Å². The monoisotopic (exact) mass is 300 g/mol. The lowest BCUT2D eigenvalue weighted by atomic mass is 10.1. The molecule has 3 aromatic rings. The van der Waals surface area contributed by atoms with Gasteiger partial charge in [0.15, 0.2) is 0 Å². The number of hydrogen-bond acceptors (Lipinski definition) is 4. The molecular weight excluding hydrogens is 284 g/mol. The van der Waals surface area contributed by atoms with Gasteiger partial charge in [-0.25, -0.2) is 0 Å². The Morgan fingerprint density at radius 1 is 0.957 bits per heavy atom. The van der Waals surface area contributed by atoms with E-state index in [9.17, 15) is 0 Å². The summed E-state index contributed by atoms with van der Waals surface area (Å²) < 4.78 is 0. The van der Waals surface area contributed by atoms with Crippen molar-refractivity contribution in [2.45, 2.75) is 6.54 Å². The standard InChI is InChI=1S/C19H16N4/c20-12-15-5-9-18(10-6-15)23(19-2-1-11-22-13-19)14-16-3-7-17(21)8-4-16/h1-11,13H,14,21H2. The van der Waals surface area contributed by atoms with Crippen LogP contribution < -0.4 is 10.6 Å². The Labute approximate surface area is 135 Å². The van der Waals surface area contributed by atoms with Crippen LogP contribution in [0.4, 0.5) is 17.1 Å². The molecule has 2 N–H and O–H groups in total. The first kappa shape index (κ1) is 14.6. The topological polar surface area (TPSA) is 65.9 Å². The van der Waals surface area contributed by atoms with Gasteiger partial charge >= 0.3 is 0 Å². The highest BCUT2D eigenvalue weighted by Crippen LogP contribution is 2.27. The van der Waals surface area contributed by atoms with Crippen LogP contribution in [0.3, 0.4) is 0 Å². The van der Waals surface area contributed by atoms with Gasteiger partial charge in [0.2, 0.25) is 0 Å². The lowest BCUT2D eigenvalue weighted by molar-refractivity contribution is 0.969. The van der Waals surface area contributed by atoms with Gasteiger partial charge in [-0.3, -0.25) is 4.98 Å². The van der Waals surface area contributed by atoms with E-state index in [1.807, 2.05) is 66.9 Å². The van der Waals surface area contributed by atoms with E-state index in [-0.39, 0.29) is 0 Å². The maximum atomic E-state index is 8.96. The van der Waals surface area contributed by atoms with Gasteiger partial charge in [-0.15, -0.1) is 0 Å². The molecule has 1 aromatic heterocycles. The Bertz CT molecular complexity index is 803. The molecule has 23 heavy (non-hydrogen) atoms. The van der Waals surface area contributed by atoms with Gasteiger partial charge < -0.3 is 10.6 Å². The molecule has 112 valence electrons. The highest BCUT2D eigenvalue weighted by Gasteiger charge is 2.10. The van der Waals surface area contributed by atoms with E-state index in [2.05, 4.69) is 16.0 Å². The minimum atomic E-state index is 0.646. The number of rotatable bonds is 4. The van der Waals surface area contributed by atoms with Crippen LogP contribution in [0.5, 0.6) is 0 Å². The maximum Gasteiger partial charge on any atom is 0.0991 e. The molecule has 1 heterocycles. The number of aromatic nitrogens is 1. The zero-order chi connectivity index (χ0) is 16.1. The van der Waals surface area contributed by atoms with E-state index in [0.29, 0.717) is 12.1 Å². The maximum absolute atomic E-state index is 8.96. The van der Waals surface area contributed by atoms with Gasteiger partial charge in [0, 0.05) is 24.1 Å². The van der Waals surface area contributed by atoms with Gasteiger partial charge in [-0.05, 0) is 54.1 Å². The van der Waals surface area contributed by atoms with Crippen molar-refractivity contribution in [2.75, 3.05) is 10.6 Å². The summed E-state index contributed by atoms with van der Waals surface area (Å²) in [6, 6.07) is 21.4. The predicted molar refractivity (Wildman–Crippen MR) is 92.1 cm³/mol. The van der Waals surface area contributed by atoms with Crippen molar-refractivity contribution >= 4 is 17.1 Å². The second-order valence-corrected chi connectivity index (χ2v) is 5.20. The largest absolute Gasteiger partial charge is 0.399 e. The Kier molecular flexibility index (Phi) is 4.21. The zero-order valence-corrected chi connectivity index (χ0v) is 12.6. The van der Waals surface area contributed by atoms with Gasteiger partial charge in [-0.1, -0.05) is 12.1 Å². The summed E-state index contributed by atoms with van der Waals surface area (Å²) >= 11 is 0. The summed E-state index contributed by atoms with van der Waals surface area (Å²) in [7, 11) is 0. The number of nitrogens with two attached hydrogens (primary N) is 1. The van der Waals surface area contributed by atoms with Gasteiger partial charge in [0.25, 0.3) is 0 Å². The minimum Gasteiger partial charge on any atom is -0.399 e. The first-order valence-corrected chi connectivity index (χ1v) is 7.28. The first-order chi connectivity index (χ1) is 11.3. The molecule has 0 aliphatic heterocycles. The van der Waals surface area contributed by atoms with Crippen LogP contribution in [-0.4, -0.2) is 4.98 Å². The molecule has 0 fully saturated rings. The molecule has 4 nitrogen and oxygen atoms in total. The fraction of sp³-hybridized carbons (Fsp3) is 0.0526. The van der Waals surface area contributed by atoms with Crippen LogP contribution in [0.1, 0.15) is 11.1 Å². The predicted octanol–water partition coefficient (Wildman–Crippen LogP) is 3.87. The van der Waals surface area contributed by atoms with Crippen LogP contribution in [0.15, 0.2) is 73.1 Å². The van der Waals surface area contributed by atoms with Crippen LogP contribution in [0.25, 0.3) is 0 Å². The summed E-state index contributed by atoms with van der Waals surface area (Å²) in [6.07, 6.45) is 3.58. The van der Waals surface area contributed by atoms with Crippen molar-refractivity contribution in [1.82, 2.24) is 4.98 Å². The fourth-order valence-corrected chi connectivity index (χ4v) is 2.37. The molecular formula is C19H16N4. The Morgan fingerprint density at radius 2 is 1.70 bits per heavy atom. The summed E-state index contributed by atoms with van der Waals surface area (Å²) in [4.78, 5) is 6.36. The molecule has 0 amide bonds. The molecule has 3 rings (SSSR count). The average molecular weight is 300 g/mol. The lowest BCUT2D eigenvalue weighted by Gasteiger charge is -2.25. The molecule has 0 bridgehead atoms. The quantitative estimate of drug-likeness (QED) is 0.743. The van der Waals surface area contributed by atoms with E-state index in [1.165, 1.54) is 0 Å². The van der Waals surface area contributed by atoms with E-state index >= 15 is 0 Å². The SMILES string of the molecule is N#Cc1ccc(N(Cc2ccc(N)cc2)c2cccnc2)cc1. The van der Waals surface area contributed by atoms with E-state index in [1.54, 1.807) is 6.20 Å². The number of anilines is 3. The second-order valence-electron chi connectivity index (χ2n) is 5.20. The zero-order valence-electron chi connectivity index (χ0n) is 12.6. The normalized spacial score (nSPS) is 10.0. The molecule has 0 aliphatic carbocycles. The van der Waals surface area contributed by atoms with Crippen LogP contribution >= 0.6 is 0 Å². The number of benzene rings is 2. The molecule has 0 saturated carbocycles. The summed E-state index contributed by atoms with van der Waals surface area (Å²) in [5.74, 6) is 0. The van der Waals surface area contributed by atoms with Gasteiger partial charge in [-0.2, -0.15) is 5.26 Å². The Hall–Kier alpha value is -3.32. The Morgan fingerprint density at radius 3 is 2.30 bits per heavy atom. The number of hydrogen-bond donors (Lipinski definition) is 1. The first-order valence-electron chi connectivity index (χ1n) is 7.28. The highest BCUT2D eigenvalue weighted by atomic mass is 15.1. The van der Waals surface area contributed by atoms with Gasteiger partial charge in [0.1, 0.15) is 0 Å². The molecule has 2 aromatic carbocycles. The number of nitrogen functional groups attached to an aromatic ring is 1. The van der Waals surface area contributed by atoms with Crippen molar-refractivity contribution in [3.63, 3.8) is 0 Å². The molecule has 0 unspecified atom stereocenters. The van der Waals surface area contributed by atoms with Crippen molar-refractivity contribution in [2.24, 2.45) is 0 Å². The minimum absolute atomic E-state index is 0.646. The van der Waals surface area contributed by atoms with E-state index < -0.39 is 0 Å². The average Bonchev–Trinajstić information content (AvgIpc) is 2.62. The van der Waals surface area contributed by atoms with E-state index in [0.717, 1.165) is 22.6 Å². The van der Waals surface area contributed by atoms with Crippen LogP contribution in [0, 0.1) is 11.3 Å². The fourth-order valence-electron chi connectivity index (χ4n) is 2.37. The summed E-state index contributed by atoms with van der Waals surface area (Å²) in [6.45, 7) is 0.692. The summed E-state index contributed by atoms with van der Waals surface area (Å²) in [5, 5.41) is 8.96. The molecule has 0 radical (unpaired) electrons. The second kappa shape index (κ2) is 6.63. The van der Waals surface area contributed by atoms with Crippen LogP contribution in [0.2, 0.25) is 0 Å². The summed E-state index contributed by atoms with van der Waals surface area (Å²) in [5.41, 5.74) is 10.3. The van der Waals surface area contributed by atoms with Crippen molar-refractivity contribution in [3.05, 3.63) is 84.2 Å². The number of nitrogens with zero attached hydrogens (tertiary/aromatic N) is 3. The van der Waals surface area contributed by atoms with Crippen molar-refractivity contribution < 1.29 is 0 Å².